The molecule has 2 aromatic rings. The Labute approximate surface area is 181 Å². The van der Waals surface area contributed by atoms with Crippen molar-refractivity contribution in [3.8, 4) is 11.3 Å². The van der Waals surface area contributed by atoms with Gasteiger partial charge in [-0.1, -0.05) is 41.4 Å². The van der Waals surface area contributed by atoms with E-state index in [0.717, 1.165) is 49.7 Å². The third-order valence-electron chi connectivity index (χ3n) is 5.82. The van der Waals surface area contributed by atoms with Gasteiger partial charge in [0, 0.05) is 24.4 Å². The number of piperidine rings is 1. The van der Waals surface area contributed by atoms with Crippen molar-refractivity contribution in [1.82, 2.24) is 15.0 Å². The van der Waals surface area contributed by atoms with Gasteiger partial charge in [0.05, 0.1) is 11.1 Å². The van der Waals surface area contributed by atoms with Crippen LogP contribution in [0, 0.1) is 6.92 Å². The Morgan fingerprint density at radius 3 is 2.79 bits per heavy atom. The van der Waals surface area contributed by atoms with Gasteiger partial charge in [-0.25, -0.2) is 0 Å². The van der Waals surface area contributed by atoms with Gasteiger partial charge in [-0.15, -0.1) is 0 Å². The Morgan fingerprint density at radius 1 is 1.21 bits per heavy atom. The maximum Gasteiger partial charge on any atom is 0.260 e. The number of thioether (sulfide) groups is 1. The SMILES string of the molecule is Cc1onc(-c2ccccc2Cl)c1C(=O)N1CCCSCC1CN1CCCCC1. The number of carbonyl (C=O) groups is 1. The van der Waals surface area contributed by atoms with Gasteiger partial charge in [0.2, 0.25) is 0 Å². The third-order valence-corrected chi connectivity index (χ3v) is 7.35. The van der Waals surface area contributed by atoms with E-state index in [0.29, 0.717) is 22.0 Å². The molecule has 0 saturated carbocycles. The number of hydrogen-bond acceptors (Lipinski definition) is 5. The topological polar surface area (TPSA) is 49.6 Å². The zero-order chi connectivity index (χ0) is 20.2. The molecule has 1 atom stereocenters. The molecular formula is C22H28ClN3O2S. The van der Waals surface area contributed by atoms with Crippen molar-refractivity contribution in [3.63, 3.8) is 0 Å². The molecule has 2 fully saturated rings. The minimum absolute atomic E-state index is 0.0168. The van der Waals surface area contributed by atoms with Gasteiger partial charge in [-0.2, -0.15) is 11.8 Å². The maximum atomic E-state index is 13.7. The van der Waals surface area contributed by atoms with Crippen molar-refractivity contribution < 1.29 is 9.32 Å². The lowest BCUT2D eigenvalue weighted by Crippen LogP contribution is -2.49. The Morgan fingerprint density at radius 2 is 2.00 bits per heavy atom. The summed E-state index contributed by atoms with van der Waals surface area (Å²) in [6.07, 6.45) is 4.85. The minimum Gasteiger partial charge on any atom is -0.360 e. The van der Waals surface area contributed by atoms with Crippen LogP contribution in [0.1, 0.15) is 41.8 Å². The Kier molecular flexibility index (Phi) is 6.83. The van der Waals surface area contributed by atoms with Crippen molar-refractivity contribution in [2.24, 2.45) is 0 Å². The monoisotopic (exact) mass is 433 g/mol. The molecule has 5 nitrogen and oxygen atoms in total. The first kappa shape index (κ1) is 20.8. The number of aromatic nitrogens is 1. The number of amides is 1. The van der Waals surface area contributed by atoms with Crippen molar-refractivity contribution in [1.29, 1.82) is 0 Å². The number of rotatable bonds is 4. The number of likely N-dealkylation sites (tertiary alicyclic amines) is 1. The number of carbonyl (C=O) groups excluding carboxylic acids is 1. The molecule has 0 radical (unpaired) electrons. The second-order valence-corrected chi connectivity index (χ2v) is 9.44. The van der Waals surface area contributed by atoms with Crippen LogP contribution in [-0.2, 0) is 0 Å². The van der Waals surface area contributed by atoms with E-state index in [9.17, 15) is 4.79 Å². The van der Waals surface area contributed by atoms with Crippen molar-refractivity contribution in [2.75, 3.05) is 37.7 Å². The van der Waals surface area contributed by atoms with Crippen LogP contribution >= 0.6 is 23.4 Å². The quantitative estimate of drug-likeness (QED) is 0.697. The van der Waals surface area contributed by atoms with Crippen LogP contribution in [0.4, 0.5) is 0 Å². The molecule has 29 heavy (non-hydrogen) atoms. The number of nitrogens with zero attached hydrogens (tertiary/aromatic N) is 3. The first-order valence-electron chi connectivity index (χ1n) is 10.5. The maximum absolute atomic E-state index is 13.7. The Bertz CT molecular complexity index is 850. The Hall–Kier alpha value is -1.50. The van der Waals surface area contributed by atoms with Crippen molar-refractivity contribution in [3.05, 3.63) is 40.6 Å². The fraction of sp³-hybridized carbons (Fsp3) is 0.545. The molecule has 0 spiro atoms. The predicted octanol–water partition coefficient (Wildman–Crippen LogP) is 4.74. The molecule has 0 N–H and O–H groups in total. The summed E-state index contributed by atoms with van der Waals surface area (Å²) >= 11 is 8.35. The summed E-state index contributed by atoms with van der Waals surface area (Å²) in [5.74, 6) is 2.65. The van der Waals surface area contributed by atoms with Crippen molar-refractivity contribution in [2.45, 2.75) is 38.6 Å². The summed E-state index contributed by atoms with van der Waals surface area (Å²) in [5, 5.41) is 4.78. The smallest absolute Gasteiger partial charge is 0.260 e. The average molecular weight is 434 g/mol. The van der Waals surface area contributed by atoms with E-state index < -0.39 is 0 Å². The molecule has 2 aliphatic heterocycles. The van der Waals surface area contributed by atoms with Crippen molar-refractivity contribution >= 4 is 29.3 Å². The molecule has 1 aromatic heterocycles. The lowest BCUT2D eigenvalue weighted by molar-refractivity contribution is 0.0644. The van der Waals surface area contributed by atoms with E-state index in [1.807, 2.05) is 43.0 Å². The highest BCUT2D eigenvalue weighted by atomic mass is 35.5. The third kappa shape index (κ3) is 4.65. The van der Waals surface area contributed by atoms with Gasteiger partial charge in [-0.3, -0.25) is 4.79 Å². The molecule has 0 bridgehead atoms. The number of benzene rings is 1. The van der Waals surface area contributed by atoms with E-state index in [1.165, 1.54) is 19.3 Å². The summed E-state index contributed by atoms with van der Waals surface area (Å²) in [4.78, 5) is 18.3. The van der Waals surface area contributed by atoms with Crippen LogP contribution in [0.3, 0.4) is 0 Å². The van der Waals surface area contributed by atoms with Crippen LogP contribution in [0.2, 0.25) is 5.02 Å². The van der Waals surface area contributed by atoms with Crippen LogP contribution in [0.5, 0.6) is 0 Å². The summed E-state index contributed by atoms with van der Waals surface area (Å²) in [7, 11) is 0. The zero-order valence-electron chi connectivity index (χ0n) is 16.9. The van der Waals surface area contributed by atoms with Gasteiger partial charge < -0.3 is 14.3 Å². The molecule has 1 amide bonds. The highest BCUT2D eigenvalue weighted by molar-refractivity contribution is 7.99. The summed E-state index contributed by atoms with van der Waals surface area (Å²) in [6.45, 7) is 5.81. The molecule has 1 aromatic carbocycles. The van der Waals surface area contributed by atoms with E-state index in [1.54, 1.807) is 0 Å². The van der Waals surface area contributed by atoms with E-state index in [4.69, 9.17) is 16.1 Å². The number of aryl methyl sites for hydroxylation is 1. The lowest BCUT2D eigenvalue weighted by Gasteiger charge is -2.35. The first-order valence-corrected chi connectivity index (χ1v) is 12.0. The van der Waals surface area contributed by atoms with E-state index >= 15 is 0 Å². The van der Waals surface area contributed by atoms with Gasteiger partial charge in [0.25, 0.3) is 5.91 Å². The standard InChI is InChI=1S/C22H28ClN3O2S/c1-16-20(21(24-28-16)18-8-3-4-9-19(18)23)22(27)26-12-7-13-29-15-17(26)14-25-10-5-2-6-11-25/h3-4,8-9,17H,2,5-7,10-15H2,1H3. The molecule has 1 unspecified atom stereocenters. The number of halogens is 1. The summed E-state index contributed by atoms with van der Waals surface area (Å²) in [6, 6.07) is 7.69. The molecule has 2 saturated heterocycles. The highest BCUT2D eigenvalue weighted by Gasteiger charge is 2.33. The zero-order valence-corrected chi connectivity index (χ0v) is 18.5. The molecule has 2 aliphatic rings. The normalized spacial score (nSPS) is 21.2. The van der Waals surface area contributed by atoms with E-state index in [-0.39, 0.29) is 11.9 Å². The minimum atomic E-state index is 0.0168. The van der Waals surface area contributed by atoms with Crippen LogP contribution in [-0.4, -0.2) is 64.6 Å². The van der Waals surface area contributed by atoms with Gasteiger partial charge in [-0.05, 0) is 51.1 Å². The number of hydrogen-bond donors (Lipinski definition) is 0. The largest absolute Gasteiger partial charge is 0.360 e. The Balaban J connectivity index is 1.63. The van der Waals surface area contributed by atoms with Gasteiger partial charge in [0.1, 0.15) is 17.0 Å². The summed E-state index contributed by atoms with van der Waals surface area (Å²) < 4.78 is 5.46. The fourth-order valence-corrected chi connectivity index (χ4v) is 5.57. The predicted molar refractivity (Wildman–Crippen MR) is 119 cm³/mol. The average Bonchev–Trinajstić information content (AvgIpc) is 2.96. The lowest BCUT2D eigenvalue weighted by atomic mass is 10.0. The van der Waals surface area contributed by atoms with Gasteiger partial charge >= 0.3 is 0 Å². The summed E-state index contributed by atoms with van der Waals surface area (Å²) in [5.41, 5.74) is 1.84. The van der Waals surface area contributed by atoms with Crippen LogP contribution < -0.4 is 0 Å². The highest BCUT2D eigenvalue weighted by Crippen LogP contribution is 2.33. The molecule has 7 heteroatoms. The van der Waals surface area contributed by atoms with E-state index in [2.05, 4.69) is 15.0 Å². The van der Waals surface area contributed by atoms with Crippen LogP contribution in [0.25, 0.3) is 11.3 Å². The molecule has 156 valence electrons. The van der Waals surface area contributed by atoms with Gasteiger partial charge in [0.15, 0.2) is 0 Å². The molecule has 4 rings (SSSR count). The molecule has 3 heterocycles. The second kappa shape index (κ2) is 9.54. The first-order chi connectivity index (χ1) is 14.1. The second-order valence-electron chi connectivity index (χ2n) is 7.88. The van der Waals surface area contributed by atoms with Crippen LogP contribution in [0.15, 0.2) is 28.8 Å². The molecule has 0 aliphatic carbocycles. The fourth-order valence-electron chi connectivity index (χ4n) is 4.29. The molecular weight excluding hydrogens is 406 g/mol.